The molecule has 1 aliphatic rings. The molecule has 0 aliphatic heterocycles. The molecular weight excluding hydrogens is 418 g/mol. The van der Waals surface area contributed by atoms with Gasteiger partial charge in [0, 0.05) is 21.3 Å². The number of hydrogen-bond donors (Lipinski definition) is 1. The summed E-state index contributed by atoms with van der Waals surface area (Å²) in [5.41, 5.74) is 0.717. The van der Waals surface area contributed by atoms with Gasteiger partial charge in [-0.1, -0.05) is 61.0 Å². The molecule has 1 saturated carbocycles. The largest absolute Gasteiger partial charge is 0.452 e. The summed E-state index contributed by atoms with van der Waals surface area (Å²) in [4.78, 5) is 27.9. The molecule has 1 fully saturated rings. The fourth-order valence-corrected chi connectivity index (χ4v) is 4.83. The van der Waals surface area contributed by atoms with Crippen LogP contribution in [0.15, 0.2) is 94.7 Å². The van der Waals surface area contributed by atoms with Crippen LogP contribution in [0.25, 0.3) is 0 Å². The van der Waals surface area contributed by atoms with E-state index in [9.17, 15) is 9.59 Å². The number of hydrogen-bond acceptors (Lipinski definition) is 5. The average molecular weight is 444 g/mol. The van der Waals surface area contributed by atoms with Crippen molar-refractivity contribution in [2.24, 2.45) is 5.92 Å². The van der Waals surface area contributed by atoms with Crippen LogP contribution in [0.3, 0.4) is 0 Å². The number of ether oxygens (including phenoxy) is 1. The lowest BCUT2D eigenvalue weighted by atomic mass is 9.92. The monoisotopic (exact) mass is 443 g/mol. The molecule has 1 atom stereocenters. The smallest absolute Gasteiger partial charge is 0.338 e. The molecule has 1 unspecified atom stereocenters. The molecule has 3 aromatic carbocycles. The van der Waals surface area contributed by atoms with Crippen LogP contribution in [0.5, 0.6) is 0 Å². The van der Waals surface area contributed by atoms with E-state index in [1.54, 1.807) is 48.2 Å². The van der Waals surface area contributed by atoms with Crippen molar-refractivity contribution in [1.82, 2.24) is 0 Å². The van der Waals surface area contributed by atoms with Crippen LogP contribution < -0.4 is 0 Å². The number of rotatable bonds is 8. The highest BCUT2D eigenvalue weighted by atomic mass is 32.2. The van der Waals surface area contributed by atoms with E-state index in [1.165, 1.54) is 0 Å². The number of ketones is 1. The summed E-state index contributed by atoms with van der Waals surface area (Å²) in [5, 5.41) is 8.61. The van der Waals surface area contributed by atoms with E-state index >= 15 is 0 Å². The molecule has 5 heteroatoms. The maximum absolute atomic E-state index is 13.1. The average Bonchev–Trinajstić information content (AvgIpc) is 3.38. The molecule has 1 N–H and O–H groups in total. The van der Waals surface area contributed by atoms with Crippen LogP contribution in [0.4, 0.5) is 0 Å². The summed E-state index contributed by atoms with van der Waals surface area (Å²) < 4.78 is 5.74. The quantitative estimate of drug-likeness (QED) is 0.247. The molecule has 3 aromatic rings. The van der Waals surface area contributed by atoms with Crippen LogP contribution in [-0.4, -0.2) is 23.6 Å². The van der Waals surface area contributed by atoms with Crippen LogP contribution in [0, 0.1) is 11.3 Å². The van der Waals surface area contributed by atoms with Gasteiger partial charge in [0.05, 0.1) is 5.56 Å². The Morgan fingerprint density at radius 1 is 0.781 bits per heavy atom. The van der Waals surface area contributed by atoms with Crippen molar-refractivity contribution < 1.29 is 14.3 Å². The first-order valence-corrected chi connectivity index (χ1v) is 11.7. The topological polar surface area (TPSA) is 67.2 Å². The molecule has 0 bridgehead atoms. The van der Waals surface area contributed by atoms with Crippen molar-refractivity contribution in [2.45, 2.75) is 41.6 Å². The van der Waals surface area contributed by atoms with Crippen LogP contribution in [0.1, 0.15) is 46.4 Å². The number of Topliss-reactive ketones (excluding diaryl/α,β-unsaturated/α-hetero) is 1. The number of carbonyl (C=O) groups excluding carboxylic acids is 2. The zero-order chi connectivity index (χ0) is 22.3. The zero-order valence-electron chi connectivity index (χ0n) is 17.7. The van der Waals surface area contributed by atoms with E-state index in [1.807, 2.05) is 48.5 Å². The Bertz CT molecular complexity index is 1070. The number of nitrogens with one attached hydrogen (secondary N) is 1. The summed E-state index contributed by atoms with van der Waals surface area (Å²) in [6.45, 7) is 0. The summed E-state index contributed by atoms with van der Waals surface area (Å²) >= 11 is 1.61. The van der Waals surface area contributed by atoms with E-state index in [4.69, 9.17) is 10.1 Å². The maximum atomic E-state index is 13.1. The van der Waals surface area contributed by atoms with Gasteiger partial charge in [-0.2, -0.15) is 0 Å². The van der Waals surface area contributed by atoms with Gasteiger partial charge in [0.2, 0.25) is 5.78 Å². The second-order valence-electron chi connectivity index (χ2n) is 7.92. The van der Waals surface area contributed by atoms with Gasteiger partial charge in [-0.3, -0.25) is 10.2 Å². The highest BCUT2D eigenvalue weighted by Gasteiger charge is 2.35. The van der Waals surface area contributed by atoms with Gasteiger partial charge < -0.3 is 4.74 Å². The minimum Gasteiger partial charge on any atom is -0.452 e. The Morgan fingerprint density at radius 2 is 1.34 bits per heavy atom. The Morgan fingerprint density at radius 3 is 1.97 bits per heavy atom. The second-order valence-corrected chi connectivity index (χ2v) is 9.07. The molecular formula is C27H25NO3S. The van der Waals surface area contributed by atoms with E-state index < -0.39 is 12.1 Å². The number of benzene rings is 3. The van der Waals surface area contributed by atoms with E-state index in [0.29, 0.717) is 11.1 Å². The first-order valence-electron chi connectivity index (χ1n) is 10.8. The lowest BCUT2D eigenvalue weighted by molar-refractivity contribution is 0.0321. The van der Waals surface area contributed by atoms with Gasteiger partial charge in [-0.05, 0) is 61.4 Å². The minimum absolute atomic E-state index is 0.00650. The van der Waals surface area contributed by atoms with Crippen molar-refractivity contribution in [2.75, 3.05) is 0 Å². The Labute approximate surface area is 192 Å². The number of esters is 1. The lowest BCUT2D eigenvalue weighted by Gasteiger charge is -2.24. The molecule has 0 radical (unpaired) electrons. The molecule has 4 rings (SSSR count). The SMILES string of the molecule is N=C(C(=O)c1ccc(Sc2ccccc2)cc1)C(OC(=O)c1ccccc1)C1CCCC1. The summed E-state index contributed by atoms with van der Waals surface area (Å²) in [5.74, 6) is -0.874. The summed E-state index contributed by atoms with van der Waals surface area (Å²) in [6, 6.07) is 26.0. The second kappa shape index (κ2) is 10.4. The molecule has 4 nitrogen and oxygen atoms in total. The van der Waals surface area contributed by atoms with Crippen molar-refractivity contribution in [3.63, 3.8) is 0 Å². The van der Waals surface area contributed by atoms with E-state index in [0.717, 1.165) is 35.5 Å². The fourth-order valence-electron chi connectivity index (χ4n) is 3.99. The summed E-state index contributed by atoms with van der Waals surface area (Å²) in [6.07, 6.45) is 2.94. The predicted molar refractivity (Wildman–Crippen MR) is 127 cm³/mol. The third-order valence-corrected chi connectivity index (χ3v) is 6.71. The van der Waals surface area contributed by atoms with Crippen LogP contribution >= 0.6 is 11.8 Å². The van der Waals surface area contributed by atoms with Gasteiger partial charge in [0.15, 0.2) is 6.10 Å². The molecule has 1 aliphatic carbocycles. The van der Waals surface area contributed by atoms with Gasteiger partial charge in [0.25, 0.3) is 0 Å². The van der Waals surface area contributed by atoms with E-state index in [2.05, 4.69) is 0 Å². The Hall–Kier alpha value is -3.18. The minimum atomic E-state index is -0.823. The van der Waals surface area contributed by atoms with Crippen molar-refractivity contribution in [3.8, 4) is 0 Å². The molecule has 0 heterocycles. The molecule has 162 valence electrons. The third-order valence-electron chi connectivity index (χ3n) is 5.70. The van der Waals surface area contributed by atoms with E-state index in [-0.39, 0.29) is 17.4 Å². The van der Waals surface area contributed by atoms with Crippen molar-refractivity contribution >= 4 is 29.2 Å². The lowest BCUT2D eigenvalue weighted by Crippen LogP contribution is -2.37. The number of carbonyl (C=O) groups is 2. The molecule has 0 amide bonds. The van der Waals surface area contributed by atoms with Gasteiger partial charge in [-0.25, -0.2) is 4.79 Å². The predicted octanol–water partition coefficient (Wildman–Crippen LogP) is 6.46. The van der Waals surface area contributed by atoms with Crippen molar-refractivity contribution in [3.05, 3.63) is 96.1 Å². The van der Waals surface area contributed by atoms with Crippen molar-refractivity contribution in [1.29, 1.82) is 5.41 Å². The standard InChI is InChI=1S/C27H25NO3S/c28-24(25(29)19-15-17-23(18-16-19)32-22-13-5-2-6-14-22)26(20-9-7-8-10-20)31-27(30)21-11-3-1-4-12-21/h1-6,11-18,20,26,28H,7-10H2. The maximum Gasteiger partial charge on any atom is 0.338 e. The third kappa shape index (κ3) is 5.35. The molecule has 0 spiro atoms. The summed E-state index contributed by atoms with van der Waals surface area (Å²) in [7, 11) is 0. The Balaban J connectivity index is 1.48. The highest BCUT2D eigenvalue weighted by molar-refractivity contribution is 7.99. The van der Waals surface area contributed by atoms with Gasteiger partial charge in [-0.15, -0.1) is 0 Å². The highest BCUT2D eigenvalue weighted by Crippen LogP contribution is 2.31. The normalized spacial score (nSPS) is 14.6. The van der Waals surface area contributed by atoms with Gasteiger partial charge in [0.1, 0.15) is 5.71 Å². The molecule has 0 aromatic heterocycles. The van der Waals surface area contributed by atoms with Crippen LogP contribution in [-0.2, 0) is 4.74 Å². The first kappa shape index (κ1) is 22.0. The molecule has 32 heavy (non-hydrogen) atoms. The first-order chi connectivity index (χ1) is 15.6. The van der Waals surface area contributed by atoms with Crippen LogP contribution in [0.2, 0.25) is 0 Å². The Kier molecular flexibility index (Phi) is 7.17. The van der Waals surface area contributed by atoms with Gasteiger partial charge >= 0.3 is 5.97 Å². The molecule has 0 saturated heterocycles. The zero-order valence-corrected chi connectivity index (χ0v) is 18.5. The fraction of sp³-hybridized carbons (Fsp3) is 0.222.